The zero-order chi connectivity index (χ0) is 18.8. The van der Waals surface area contributed by atoms with Crippen LogP contribution in [0.2, 0.25) is 0 Å². The molecule has 1 aliphatic heterocycles. The largest absolute Gasteiger partial charge is 0.465 e. The molecule has 3 aromatic rings. The number of nitrogens with zero attached hydrogens (tertiary/aromatic N) is 3. The van der Waals surface area contributed by atoms with Crippen LogP contribution in [0.15, 0.2) is 60.7 Å². The fraction of sp³-hybridized carbons (Fsp3) is 0.190. The molecule has 1 atom stereocenters. The molecule has 1 aliphatic rings. The van der Waals surface area contributed by atoms with Crippen molar-refractivity contribution in [3.05, 3.63) is 66.4 Å². The van der Waals surface area contributed by atoms with E-state index in [1.54, 1.807) is 7.11 Å². The molecule has 27 heavy (non-hydrogen) atoms. The summed E-state index contributed by atoms with van der Waals surface area (Å²) in [7, 11) is 1.61. The quantitative estimate of drug-likeness (QED) is 0.749. The van der Waals surface area contributed by atoms with Crippen molar-refractivity contribution >= 4 is 11.9 Å². The Hall–Kier alpha value is -3.25. The van der Waals surface area contributed by atoms with Gasteiger partial charge in [-0.3, -0.25) is 4.90 Å². The van der Waals surface area contributed by atoms with Gasteiger partial charge < -0.3 is 9.84 Å². The van der Waals surface area contributed by atoms with Gasteiger partial charge in [-0.2, -0.15) is 0 Å². The molecule has 1 aromatic heterocycles. The van der Waals surface area contributed by atoms with Crippen molar-refractivity contribution < 1.29 is 14.6 Å². The zero-order valence-electron chi connectivity index (χ0n) is 14.9. The lowest BCUT2D eigenvalue weighted by atomic mass is 10.0. The summed E-state index contributed by atoms with van der Waals surface area (Å²) in [5, 5.41) is 9.61. The number of fused-ring (bicyclic) bond motifs is 1. The average Bonchev–Trinajstić information content (AvgIpc) is 2.73. The minimum atomic E-state index is -1.04. The summed E-state index contributed by atoms with van der Waals surface area (Å²) in [6, 6.07) is 19.5. The maximum atomic E-state index is 11.7. The van der Waals surface area contributed by atoms with Gasteiger partial charge in [0, 0.05) is 24.8 Å². The number of rotatable bonds is 3. The number of aromatic nitrogens is 2. The maximum absolute atomic E-state index is 11.7. The molecule has 0 radical (unpaired) electrons. The van der Waals surface area contributed by atoms with Crippen LogP contribution in [0.25, 0.3) is 22.5 Å². The Morgan fingerprint density at radius 1 is 1.00 bits per heavy atom. The van der Waals surface area contributed by atoms with Gasteiger partial charge >= 0.3 is 6.09 Å². The van der Waals surface area contributed by atoms with Crippen LogP contribution in [0.3, 0.4) is 0 Å². The molecule has 1 N–H and O–H groups in total. The second-order valence-electron chi connectivity index (χ2n) is 6.31. The third kappa shape index (κ3) is 3.15. The highest BCUT2D eigenvalue weighted by Gasteiger charge is 2.33. The van der Waals surface area contributed by atoms with E-state index in [9.17, 15) is 9.90 Å². The van der Waals surface area contributed by atoms with E-state index in [-0.39, 0.29) is 6.10 Å². The summed E-state index contributed by atoms with van der Waals surface area (Å²) in [6.07, 6.45) is -0.773. The van der Waals surface area contributed by atoms with Crippen LogP contribution in [0.1, 0.15) is 18.2 Å². The molecule has 0 bridgehead atoms. The van der Waals surface area contributed by atoms with Gasteiger partial charge in [-0.05, 0) is 6.42 Å². The Kier molecular flexibility index (Phi) is 4.56. The Morgan fingerprint density at radius 2 is 1.56 bits per heavy atom. The average molecular weight is 361 g/mol. The highest BCUT2D eigenvalue weighted by atomic mass is 16.5. The van der Waals surface area contributed by atoms with Crippen molar-refractivity contribution in [1.29, 1.82) is 0 Å². The van der Waals surface area contributed by atoms with Gasteiger partial charge in [0.1, 0.15) is 11.8 Å². The van der Waals surface area contributed by atoms with E-state index in [1.165, 1.54) is 4.90 Å². The molecule has 136 valence electrons. The van der Waals surface area contributed by atoms with Crippen molar-refractivity contribution in [2.75, 3.05) is 18.6 Å². The molecular formula is C21H19N3O3. The molecule has 4 rings (SSSR count). The number of hydrogen-bond acceptors (Lipinski definition) is 4. The first-order valence-corrected chi connectivity index (χ1v) is 8.75. The van der Waals surface area contributed by atoms with Crippen molar-refractivity contribution in [3.8, 4) is 22.5 Å². The standard InChI is InChI=1S/C21H19N3O3/c1-27-16-12-13-24(21(25)26)20-19(16)22-17(14-8-4-2-5-9-14)18(23-20)15-10-6-3-7-11-15/h2-11,16H,12-13H2,1H3,(H,25,26). The lowest BCUT2D eigenvalue weighted by Crippen LogP contribution is -2.37. The summed E-state index contributed by atoms with van der Waals surface area (Å²) in [4.78, 5) is 22.6. The fourth-order valence-electron chi connectivity index (χ4n) is 3.35. The molecule has 0 spiro atoms. The first kappa shape index (κ1) is 17.2. The van der Waals surface area contributed by atoms with Gasteiger partial charge in [0.2, 0.25) is 0 Å². The fourth-order valence-corrected chi connectivity index (χ4v) is 3.35. The lowest BCUT2D eigenvalue weighted by Gasteiger charge is -2.31. The predicted molar refractivity (Wildman–Crippen MR) is 103 cm³/mol. The maximum Gasteiger partial charge on any atom is 0.413 e. The molecule has 2 heterocycles. The molecule has 1 amide bonds. The molecule has 0 fully saturated rings. The highest BCUT2D eigenvalue weighted by molar-refractivity contribution is 5.88. The number of hydrogen-bond donors (Lipinski definition) is 1. The second kappa shape index (κ2) is 7.17. The van der Waals surface area contributed by atoms with E-state index in [0.29, 0.717) is 30.2 Å². The Bertz CT molecular complexity index is 961. The van der Waals surface area contributed by atoms with Gasteiger partial charge in [-0.1, -0.05) is 60.7 Å². The highest BCUT2D eigenvalue weighted by Crippen LogP contribution is 2.38. The molecule has 0 saturated heterocycles. The predicted octanol–water partition coefficient (Wildman–Crippen LogP) is 4.39. The van der Waals surface area contributed by atoms with Crippen molar-refractivity contribution in [3.63, 3.8) is 0 Å². The third-order valence-electron chi connectivity index (χ3n) is 4.69. The molecular weight excluding hydrogens is 342 g/mol. The topological polar surface area (TPSA) is 75.5 Å². The number of benzene rings is 2. The minimum absolute atomic E-state index is 0.282. The molecule has 1 unspecified atom stereocenters. The van der Waals surface area contributed by atoms with Gasteiger partial charge in [0.05, 0.1) is 11.4 Å². The Labute approximate surface area is 157 Å². The van der Waals surface area contributed by atoms with Crippen LogP contribution < -0.4 is 4.90 Å². The third-order valence-corrected chi connectivity index (χ3v) is 4.69. The van der Waals surface area contributed by atoms with Crippen LogP contribution in [-0.4, -0.2) is 34.8 Å². The van der Waals surface area contributed by atoms with E-state index >= 15 is 0 Å². The van der Waals surface area contributed by atoms with Crippen LogP contribution in [0, 0.1) is 0 Å². The number of anilines is 1. The van der Waals surface area contributed by atoms with Crippen LogP contribution in [0.5, 0.6) is 0 Å². The zero-order valence-corrected chi connectivity index (χ0v) is 14.9. The summed E-state index contributed by atoms with van der Waals surface area (Å²) < 4.78 is 5.56. The van der Waals surface area contributed by atoms with E-state index in [1.807, 2.05) is 60.7 Å². The van der Waals surface area contributed by atoms with Gasteiger partial charge in [0.15, 0.2) is 5.82 Å². The minimum Gasteiger partial charge on any atom is -0.465 e. The van der Waals surface area contributed by atoms with Crippen molar-refractivity contribution in [2.45, 2.75) is 12.5 Å². The van der Waals surface area contributed by atoms with Gasteiger partial charge in [-0.25, -0.2) is 14.8 Å². The van der Waals surface area contributed by atoms with Crippen LogP contribution in [0.4, 0.5) is 10.6 Å². The Morgan fingerprint density at radius 3 is 2.07 bits per heavy atom. The second-order valence-corrected chi connectivity index (χ2v) is 6.31. The Balaban J connectivity index is 1.99. The lowest BCUT2D eigenvalue weighted by molar-refractivity contribution is 0.0892. The molecule has 0 aliphatic carbocycles. The molecule has 0 saturated carbocycles. The molecule has 2 aromatic carbocycles. The monoisotopic (exact) mass is 361 g/mol. The summed E-state index contributed by atoms with van der Waals surface area (Å²) in [5.41, 5.74) is 3.74. The van der Waals surface area contributed by atoms with Crippen LogP contribution in [-0.2, 0) is 4.74 Å². The normalized spacial score (nSPS) is 16.0. The molecule has 6 nitrogen and oxygen atoms in total. The summed E-state index contributed by atoms with van der Waals surface area (Å²) in [5.74, 6) is 0.346. The van der Waals surface area contributed by atoms with Crippen molar-refractivity contribution in [2.24, 2.45) is 0 Å². The SMILES string of the molecule is COC1CCN(C(=O)O)c2nc(-c3ccccc3)c(-c3ccccc3)nc21. The number of carbonyl (C=O) groups is 1. The van der Waals surface area contributed by atoms with E-state index in [0.717, 1.165) is 16.8 Å². The number of ether oxygens (including phenoxy) is 1. The van der Waals surface area contributed by atoms with E-state index < -0.39 is 6.09 Å². The summed E-state index contributed by atoms with van der Waals surface area (Å²) >= 11 is 0. The van der Waals surface area contributed by atoms with E-state index in [2.05, 4.69) is 0 Å². The van der Waals surface area contributed by atoms with Crippen molar-refractivity contribution in [1.82, 2.24) is 9.97 Å². The first-order chi connectivity index (χ1) is 13.2. The van der Waals surface area contributed by atoms with Crippen LogP contribution >= 0.6 is 0 Å². The number of methoxy groups -OCH3 is 1. The molecule has 6 heteroatoms. The summed E-state index contributed by atoms with van der Waals surface area (Å²) in [6.45, 7) is 0.328. The van der Waals surface area contributed by atoms with Gasteiger partial charge in [0.25, 0.3) is 0 Å². The van der Waals surface area contributed by atoms with Gasteiger partial charge in [-0.15, -0.1) is 0 Å². The number of carboxylic acid groups (broad SMARTS) is 1. The first-order valence-electron chi connectivity index (χ1n) is 8.75. The smallest absolute Gasteiger partial charge is 0.413 e. The number of amides is 1. The van der Waals surface area contributed by atoms with E-state index in [4.69, 9.17) is 14.7 Å².